The summed E-state index contributed by atoms with van der Waals surface area (Å²) in [5.74, 6) is 0.212. The monoisotopic (exact) mass is 264 g/mol. The zero-order chi connectivity index (χ0) is 13.8. The van der Waals surface area contributed by atoms with Crippen LogP contribution in [0.25, 0.3) is 0 Å². The molecule has 4 heteroatoms. The third-order valence-electron chi connectivity index (χ3n) is 3.80. The Morgan fingerprint density at radius 1 is 1.37 bits per heavy atom. The van der Waals surface area contributed by atoms with Gasteiger partial charge in [0, 0.05) is 20.1 Å². The molecule has 19 heavy (non-hydrogen) atoms. The maximum absolute atomic E-state index is 13.7. The molecular formula is C15H21FN2O. The molecule has 1 amide bonds. The molecule has 0 radical (unpaired) electrons. The fraction of sp³-hybridized carbons (Fsp3) is 0.533. The molecule has 1 aromatic carbocycles. The summed E-state index contributed by atoms with van der Waals surface area (Å²) < 4.78 is 13.7. The summed E-state index contributed by atoms with van der Waals surface area (Å²) in [6.07, 6.45) is 3.21. The van der Waals surface area contributed by atoms with E-state index in [0.717, 1.165) is 32.4 Å². The van der Waals surface area contributed by atoms with Crippen LogP contribution in [0.4, 0.5) is 10.1 Å². The van der Waals surface area contributed by atoms with Crippen LogP contribution in [-0.4, -0.2) is 30.9 Å². The molecule has 0 aromatic heterocycles. The zero-order valence-electron chi connectivity index (χ0n) is 11.6. The van der Waals surface area contributed by atoms with E-state index in [1.165, 1.54) is 6.07 Å². The Hall–Kier alpha value is -1.58. The van der Waals surface area contributed by atoms with Gasteiger partial charge in [-0.1, -0.05) is 13.0 Å². The zero-order valence-corrected chi connectivity index (χ0v) is 11.6. The van der Waals surface area contributed by atoms with E-state index in [1.807, 2.05) is 4.90 Å². The lowest BCUT2D eigenvalue weighted by molar-refractivity contribution is 0.0761. The lowest BCUT2D eigenvalue weighted by Crippen LogP contribution is -2.32. The highest BCUT2D eigenvalue weighted by atomic mass is 19.1. The predicted octanol–water partition coefficient (Wildman–Crippen LogP) is 3.13. The van der Waals surface area contributed by atoms with Crippen LogP contribution in [0.1, 0.15) is 36.5 Å². The quantitative estimate of drug-likeness (QED) is 0.890. The van der Waals surface area contributed by atoms with Gasteiger partial charge in [-0.3, -0.25) is 4.79 Å². The third-order valence-corrected chi connectivity index (χ3v) is 3.80. The van der Waals surface area contributed by atoms with Gasteiger partial charge >= 0.3 is 0 Å². The van der Waals surface area contributed by atoms with Gasteiger partial charge in [-0.15, -0.1) is 0 Å². The van der Waals surface area contributed by atoms with Gasteiger partial charge in [0.05, 0.1) is 11.3 Å². The smallest absolute Gasteiger partial charge is 0.256 e. The maximum Gasteiger partial charge on any atom is 0.256 e. The number of para-hydroxylation sites is 1. The van der Waals surface area contributed by atoms with Crippen molar-refractivity contribution >= 4 is 11.6 Å². The molecule has 1 fully saturated rings. The highest BCUT2D eigenvalue weighted by Gasteiger charge is 2.22. The molecule has 1 aliphatic rings. The molecule has 2 rings (SSSR count). The molecule has 0 saturated carbocycles. The first-order valence-corrected chi connectivity index (χ1v) is 6.89. The maximum atomic E-state index is 13.7. The van der Waals surface area contributed by atoms with Crippen LogP contribution in [-0.2, 0) is 0 Å². The highest BCUT2D eigenvalue weighted by Crippen LogP contribution is 2.23. The van der Waals surface area contributed by atoms with Gasteiger partial charge in [-0.2, -0.15) is 0 Å². The predicted molar refractivity (Wildman–Crippen MR) is 74.9 cm³/mol. The Morgan fingerprint density at radius 3 is 2.89 bits per heavy atom. The average molecular weight is 264 g/mol. The number of nitrogens with one attached hydrogen (secondary N) is 1. The first-order valence-electron chi connectivity index (χ1n) is 6.89. The summed E-state index contributed by atoms with van der Waals surface area (Å²) in [7, 11) is 1.64. The van der Waals surface area contributed by atoms with Gasteiger partial charge in [0.15, 0.2) is 0 Å². The topological polar surface area (TPSA) is 32.3 Å². The summed E-state index contributed by atoms with van der Waals surface area (Å²) in [5, 5.41) is 2.79. The molecule has 0 aliphatic carbocycles. The van der Waals surface area contributed by atoms with Crippen LogP contribution < -0.4 is 5.32 Å². The summed E-state index contributed by atoms with van der Waals surface area (Å²) in [6.45, 7) is 3.75. The number of carbonyl (C=O) groups excluding carboxylic acids is 1. The van der Waals surface area contributed by atoms with Crippen molar-refractivity contribution in [3.05, 3.63) is 29.6 Å². The Labute approximate surface area is 113 Å². The number of hydrogen-bond acceptors (Lipinski definition) is 2. The van der Waals surface area contributed by atoms with Gasteiger partial charge in [-0.25, -0.2) is 4.39 Å². The van der Waals surface area contributed by atoms with Gasteiger partial charge in [-0.05, 0) is 37.3 Å². The first-order chi connectivity index (χ1) is 9.13. The fourth-order valence-corrected chi connectivity index (χ4v) is 2.59. The standard InChI is InChI=1S/C15H21FN2O/c1-11-5-4-9-18(10-8-11)15(19)12-6-3-7-13(16)14(12)17-2/h3,6-7,11,17H,4-5,8-10H2,1-2H3. The average Bonchev–Trinajstić information content (AvgIpc) is 2.62. The minimum Gasteiger partial charge on any atom is -0.385 e. The SMILES string of the molecule is CNc1c(F)cccc1C(=O)N1CCCC(C)CC1. The van der Waals surface area contributed by atoms with E-state index in [2.05, 4.69) is 12.2 Å². The number of halogens is 1. The molecule has 3 nitrogen and oxygen atoms in total. The first kappa shape index (κ1) is 13.8. The number of rotatable bonds is 2. The lowest BCUT2D eigenvalue weighted by Gasteiger charge is -2.22. The molecular weight excluding hydrogens is 243 g/mol. The van der Waals surface area contributed by atoms with Crippen molar-refractivity contribution in [3.63, 3.8) is 0 Å². The van der Waals surface area contributed by atoms with Crippen molar-refractivity contribution in [2.75, 3.05) is 25.5 Å². The van der Waals surface area contributed by atoms with E-state index in [-0.39, 0.29) is 11.7 Å². The normalized spacial score (nSPS) is 19.9. The van der Waals surface area contributed by atoms with Crippen molar-refractivity contribution < 1.29 is 9.18 Å². The Morgan fingerprint density at radius 2 is 2.16 bits per heavy atom. The van der Waals surface area contributed by atoms with E-state index in [0.29, 0.717) is 17.2 Å². The second-order valence-electron chi connectivity index (χ2n) is 5.24. The van der Waals surface area contributed by atoms with Crippen LogP contribution in [0, 0.1) is 11.7 Å². The van der Waals surface area contributed by atoms with Crippen LogP contribution in [0.3, 0.4) is 0 Å². The lowest BCUT2D eigenvalue weighted by atomic mass is 10.0. The van der Waals surface area contributed by atoms with Gasteiger partial charge < -0.3 is 10.2 Å². The molecule has 1 aromatic rings. The van der Waals surface area contributed by atoms with Crippen molar-refractivity contribution in [1.29, 1.82) is 0 Å². The molecule has 1 N–H and O–H groups in total. The van der Waals surface area contributed by atoms with Crippen molar-refractivity contribution in [2.24, 2.45) is 5.92 Å². The number of amides is 1. The minimum atomic E-state index is -0.378. The molecule has 104 valence electrons. The number of carbonyl (C=O) groups is 1. The Kier molecular flexibility index (Phi) is 4.40. The highest BCUT2D eigenvalue weighted by molar-refractivity contribution is 5.99. The van der Waals surface area contributed by atoms with Crippen molar-refractivity contribution in [2.45, 2.75) is 26.2 Å². The summed E-state index contributed by atoms with van der Waals surface area (Å²) in [6, 6.07) is 4.64. The van der Waals surface area contributed by atoms with Crippen molar-refractivity contribution in [1.82, 2.24) is 4.90 Å². The van der Waals surface area contributed by atoms with E-state index in [9.17, 15) is 9.18 Å². The molecule has 1 unspecified atom stereocenters. The Balaban J connectivity index is 2.21. The number of nitrogens with zero attached hydrogens (tertiary/aromatic N) is 1. The van der Waals surface area contributed by atoms with Crippen LogP contribution in [0.5, 0.6) is 0 Å². The molecule has 1 atom stereocenters. The third kappa shape index (κ3) is 3.06. The Bertz CT molecular complexity index is 461. The fourth-order valence-electron chi connectivity index (χ4n) is 2.59. The van der Waals surface area contributed by atoms with Gasteiger partial charge in [0.1, 0.15) is 5.82 Å². The van der Waals surface area contributed by atoms with E-state index in [1.54, 1.807) is 19.2 Å². The van der Waals surface area contributed by atoms with E-state index in [4.69, 9.17) is 0 Å². The summed E-state index contributed by atoms with van der Waals surface area (Å²) in [5.41, 5.74) is 0.724. The van der Waals surface area contributed by atoms with E-state index < -0.39 is 0 Å². The van der Waals surface area contributed by atoms with Gasteiger partial charge in [0.2, 0.25) is 0 Å². The van der Waals surface area contributed by atoms with Gasteiger partial charge in [0.25, 0.3) is 5.91 Å². The summed E-state index contributed by atoms with van der Waals surface area (Å²) in [4.78, 5) is 14.4. The number of benzene rings is 1. The van der Waals surface area contributed by atoms with Crippen LogP contribution in [0.2, 0.25) is 0 Å². The van der Waals surface area contributed by atoms with Crippen LogP contribution >= 0.6 is 0 Å². The minimum absolute atomic E-state index is 0.0713. The van der Waals surface area contributed by atoms with E-state index >= 15 is 0 Å². The second kappa shape index (κ2) is 6.04. The van der Waals surface area contributed by atoms with Crippen molar-refractivity contribution in [3.8, 4) is 0 Å². The largest absolute Gasteiger partial charge is 0.385 e. The number of anilines is 1. The molecule has 0 bridgehead atoms. The molecule has 0 spiro atoms. The number of likely N-dealkylation sites (tertiary alicyclic amines) is 1. The molecule has 1 aliphatic heterocycles. The molecule has 1 saturated heterocycles. The second-order valence-corrected chi connectivity index (χ2v) is 5.24. The number of hydrogen-bond donors (Lipinski definition) is 1. The molecule has 1 heterocycles. The summed E-state index contributed by atoms with van der Waals surface area (Å²) >= 11 is 0. The van der Waals surface area contributed by atoms with Crippen LogP contribution in [0.15, 0.2) is 18.2 Å².